The number of benzene rings is 3. The molecule has 3 aromatic carbocycles. The first-order chi connectivity index (χ1) is 15.6. The third-order valence-electron chi connectivity index (χ3n) is 6.69. The maximum Gasteiger partial charge on any atom is 0.409 e. The summed E-state index contributed by atoms with van der Waals surface area (Å²) >= 11 is 0. The third-order valence-corrected chi connectivity index (χ3v) is 6.69. The van der Waals surface area contributed by atoms with E-state index < -0.39 is 18.0 Å². The van der Waals surface area contributed by atoms with Gasteiger partial charge in [-0.25, -0.2) is 4.79 Å². The topological polar surface area (TPSA) is 66.8 Å². The van der Waals surface area contributed by atoms with Crippen LogP contribution in [0.5, 0.6) is 0 Å². The van der Waals surface area contributed by atoms with E-state index in [0.29, 0.717) is 13.0 Å². The second kappa shape index (κ2) is 8.50. The van der Waals surface area contributed by atoms with Gasteiger partial charge in [0, 0.05) is 19.0 Å². The van der Waals surface area contributed by atoms with Crippen LogP contribution in [0.3, 0.4) is 0 Å². The predicted molar refractivity (Wildman–Crippen MR) is 121 cm³/mol. The van der Waals surface area contributed by atoms with Crippen LogP contribution in [0.25, 0.3) is 11.1 Å². The van der Waals surface area contributed by atoms with Crippen molar-refractivity contribution >= 4 is 12.1 Å². The van der Waals surface area contributed by atoms with Crippen molar-refractivity contribution in [1.29, 1.82) is 0 Å². The summed E-state index contributed by atoms with van der Waals surface area (Å²) in [5, 5.41) is 9.70. The lowest BCUT2D eigenvalue weighted by atomic mass is 9.90. The lowest BCUT2D eigenvalue weighted by molar-refractivity contribution is -0.142. The minimum absolute atomic E-state index is 0.00987. The van der Waals surface area contributed by atoms with E-state index in [1.165, 1.54) is 11.1 Å². The Labute approximate surface area is 187 Å². The summed E-state index contributed by atoms with van der Waals surface area (Å²) in [6.45, 7) is 0.816. The highest BCUT2D eigenvalue weighted by Crippen LogP contribution is 2.44. The molecule has 32 heavy (non-hydrogen) atoms. The molecule has 0 radical (unpaired) electrons. The van der Waals surface area contributed by atoms with Gasteiger partial charge in [0.25, 0.3) is 0 Å². The van der Waals surface area contributed by atoms with Gasteiger partial charge >= 0.3 is 12.1 Å². The van der Waals surface area contributed by atoms with E-state index in [1.54, 1.807) is 4.90 Å². The van der Waals surface area contributed by atoms with Crippen molar-refractivity contribution in [3.05, 3.63) is 95.6 Å². The fourth-order valence-corrected chi connectivity index (χ4v) is 5.11. The normalized spacial score (nSPS) is 19.4. The Balaban J connectivity index is 1.28. The first-order valence-corrected chi connectivity index (χ1v) is 11.0. The molecule has 1 aliphatic carbocycles. The van der Waals surface area contributed by atoms with Crippen LogP contribution in [0.4, 0.5) is 4.79 Å². The number of hydrogen-bond acceptors (Lipinski definition) is 3. The third kappa shape index (κ3) is 3.75. The number of carboxylic acids is 1. The van der Waals surface area contributed by atoms with Gasteiger partial charge in [-0.05, 0) is 40.2 Å². The van der Waals surface area contributed by atoms with Gasteiger partial charge in [0.2, 0.25) is 0 Å². The van der Waals surface area contributed by atoms with E-state index in [1.807, 2.05) is 54.6 Å². The maximum atomic E-state index is 12.9. The van der Waals surface area contributed by atoms with Gasteiger partial charge in [-0.1, -0.05) is 78.9 Å². The van der Waals surface area contributed by atoms with Crippen LogP contribution < -0.4 is 0 Å². The monoisotopic (exact) mass is 427 g/mol. The first-order valence-electron chi connectivity index (χ1n) is 11.0. The first kappa shape index (κ1) is 20.3. The van der Waals surface area contributed by atoms with Crippen molar-refractivity contribution in [2.24, 2.45) is 11.8 Å². The number of rotatable bonds is 5. The summed E-state index contributed by atoms with van der Waals surface area (Å²) in [6.07, 6.45) is 0.194. The van der Waals surface area contributed by atoms with Crippen molar-refractivity contribution in [1.82, 2.24) is 4.90 Å². The van der Waals surface area contributed by atoms with Crippen molar-refractivity contribution in [2.75, 3.05) is 19.7 Å². The Morgan fingerprint density at radius 2 is 1.44 bits per heavy atom. The van der Waals surface area contributed by atoms with Crippen LogP contribution in [0, 0.1) is 11.8 Å². The summed E-state index contributed by atoms with van der Waals surface area (Å²) < 4.78 is 5.74. The van der Waals surface area contributed by atoms with Gasteiger partial charge in [-0.2, -0.15) is 0 Å². The number of aliphatic carboxylic acids is 1. The average molecular weight is 428 g/mol. The summed E-state index contributed by atoms with van der Waals surface area (Å²) in [6, 6.07) is 26.2. The summed E-state index contributed by atoms with van der Waals surface area (Å²) in [4.78, 5) is 26.3. The number of fused-ring (bicyclic) bond motifs is 3. The number of carboxylic acid groups (broad SMARTS) is 1. The molecule has 0 spiro atoms. The van der Waals surface area contributed by atoms with Gasteiger partial charge in [0.05, 0.1) is 5.92 Å². The van der Waals surface area contributed by atoms with Gasteiger partial charge in [-0.15, -0.1) is 0 Å². The summed E-state index contributed by atoms with van der Waals surface area (Å²) in [7, 11) is 0. The average Bonchev–Trinajstić information content (AvgIpc) is 3.38. The molecular formula is C27H25NO4. The van der Waals surface area contributed by atoms with Gasteiger partial charge in [-0.3, -0.25) is 4.79 Å². The Kier molecular flexibility index (Phi) is 5.39. The molecular weight excluding hydrogens is 402 g/mol. The highest BCUT2D eigenvalue weighted by Gasteiger charge is 2.40. The second-order valence-corrected chi connectivity index (χ2v) is 8.60. The van der Waals surface area contributed by atoms with Crippen LogP contribution in [0.15, 0.2) is 78.9 Å². The van der Waals surface area contributed by atoms with Crippen LogP contribution in [0.2, 0.25) is 0 Å². The zero-order chi connectivity index (χ0) is 22.1. The number of hydrogen-bond donors (Lipinski definition) is 1. The van der Waals surface area contributed by atoms with E-state index in [0.717, 1.165) is 16.7 Å². The van der Waals surface area contributed by atoms with Crippen LogP contribution in [0.1, 0.15) is 22.6 Å². The fourth-order valence-electron chi connectivity index (χ4n) is 5.11. The van der Waals surface area contributed by atoms with Crippen molar-refractivity contribution < 1.29 is 19.4 Å². The molecule has 1 N–H and O–H groups in total. The van der Waals surface area contributed by atoms with E-state index >= 15 is 0 Å². The number of likely N-dealkylation sites (tertiary alicyclic amines) is 1. The summed E-state index contributed by atoms with van der Waals surface area (Å²) in [5.74, 6) is -1.59. The quantitative estimate of drug-likeness (QED) is 0.635. The molecule has 1 heterocycles. The van der Waals surface area contributed by atoms with Crippen molar-refractivity contribution in [3.8, 4) is 11.1 Å². The van der Waals surface area contributed by atoms with Crippen LogP contribution in [-0.4, -0.2) is 41.8 Å². The Hall–Kier alpha value is -3.60. The van der Waals surface area contributed by atoms with E-state index in [9.17, 15) is 14.7 Å². The fraction of sp³-hybridized carbons (Fsp3) is 0.259. The Morgan fingerprint density at radius 3 is 2.06 bits per heavy atom. The van der Waals surface area contributed by atoms with Crippen molar-refractivity contribution in [2.45, 2.75) is 12.3 Å². The molecule has 0 saturated carbocycles. The number of carbonyl (C=O) groups is 2. The number of nitrogens with zero attached hydrogens (tertiary/aromatic N) is 1. The zero-order valence-electron chi connectivity index (χ0n) is 17.7. The molecule has 1 fully saturated rings. The highest BCUT2D eigenvalue weighted by atomic mass is 16.6. The lowest BCUT2D eigenvalue weighted by Crippen LogP contribution is -2.31. The minimum Gasteiger partial charge on any atom is -0.481 e. The van der Waals surface area contributed by atoms with E-state index in [2.05, 4.69) is 24.3 Å². The van der Waals surface area contributed by atoms with Gasteiger partial charge < -0.3 is 14.7 Å². The van der Waals surface area contributed by atoms with E-state index in [-0.39, 0.29) is 25.0 Å². The highest BCUT2D eigenvalue weighted by molar-refractivity contribution is 5.79. The largest absolute Gasteiger partial charge is 0.481 e. The molecule has 0 unspecified atom stereocenters. The smallest absolute Gasteiger partial charge is 0.409 e. The van der Waals surface area contributed by atoms with Gasteiger partial charge in [0.15, 0.2) is 0 Å². The molecule has 1 saturated heterocycles. The lowest BCUT2D eigenvalue weighted by Gasteiger charge is -2.19. The molecule has 5 nitrogen and oxygen atoms in total. The number of amides is 1. The second-order valence-electron chi connectivity index (χ2n) is 8.60. The standard InChI is InChI=1S/C27H25NO4/c29-26(30)24-16-28(15-19(24)14-18-8-2-1-3-9-18)27(31)32-17-25-22-12-6-4-10-20(22)21-11-5-7-13-23(21)25/h1-13,19,24-25H,14-17H2,(H,29,30)/t19-,24-/m1/s1. The molecule has 5 rings (SSSR count). The number of ether oxygens (including phenoxy) is 1. The zero-order valence-corrected chi connectivity index (χ0v) is 17.7. The SMILES string of the molecule is O=C(O)[C@@H]1CN(C(=O)OCC2c3ccccc3-c3ccccc32)C[C@H]1Cc1ccccc1. The minimum atomic E-state index is -0.861. The predicted octanol–water partition coefficient (Wildman–Crippen LogP) is 4.81. The molecule has 1 amide bonds. The Morgan fingerprint density at radius 1 is 0.844 bits per heavy atom. The van der Waals surface area contributed by atoms with Gasteiger partial charge in [0.1, 0.15) is 6.61 Å². The molecule has 3 aromatic rings. The van der Waals surface area contributed by atoms with Crippen molar-refractivity contribution in [3.63, 3.8) is 0 Å². The molecule has 2 atom stereocenters. The van der Waals surface area contributed by atoms with E-state index in [4.69, 9.17) is 4.74 Å². The van der Waals surface area contributed by atoms with Crippen LogP contribution in [-0.2, 0) is 16.0 Å². The Bertz CT molecular complexity index is 1100. The number of carbonyl (C=O) groups excluding carboxylic acids is 1. The molecule has 1 aliphatic heterocycles. The summed E-state index contributed by atoms with van der Waals surface area (Å²) in [5.41, 5.74) is 5.76. The molecule has 2 aliphatic rings. The molecule has 5 heteroatoms. The maximum absolute atomic E-state index is 12.9. The molecule has 0 bridgehead atoms. The van der Waals surface area contributed by atoms with Crippen LogP contribution >= 0.6 is 0 Å². The molecule has 0 aromatic heterocycles. The molecule has 162 valence electrons.